The van der Waals surface area contributed by atoms with Crippen molar-refractivity contribution in [2.75, 3.05) is 6.61 Å². The second-order valence-electron chi connectivity index (χ2n) is 3.03. The number of benzene rings is 1. The summed E-state index contributed by atoms with van der Waals surface area (Å²) in [5.41, 5.74) is 0.892. The molecule has 0 aliphatic rings. The van der Waals surface area contributed by atoms with Crippen LogP contribution in [0.3, 0.4) is 0 Å². The number of halogens is 2. The first kappa shape index (κ1) is 11.0. The third kappa shape index (κ3) is 2.18. The first-order valence-corrected chi connectivity index (χ1v) is 6.04. The second kappa shape index (κ2) is 4.53. The first-order valence-electron chi connectivity index (χ1n) is 4.59. The van der Waals surface area contributed by atoms with Crippen molar-refractivity contribution < 1.29 is 4.74 Å². The Hall–Kier alpha value is -0.550. The Morgan fingerprint density at radius 2 is 2.27 bits per heavy atom. The maximum absolute atomic E-state index is 6.20. The van der Waals surface area contributed by atoms with Crippen LogP contribution in [-0.4, -0.2) is 11.6 Å². The maximum Gasteiger partial charge on any atom is 0.120 e. The van der Waals surface area contributed by atoms with E-state index < -0.39 is 0 Å². The summed E-state index contributed by atoms with van der Waals surface area (Å²) >= 11 is 8.37. The Labute approximate surface area is 107 Å². The smallest absolute Gasteiger partial charge is 0.120 e. The molecule has 0 saturated heterocycles. The molecule has 1 aromatic carbocycles. The quantitative estimate of drug-likeness (QED) is 0.778. The van der Waals surface area contributed by atoms with Crippen molar-refractivity contribution in [1.82, 2.24) is 4.98 Å². The van der Waals surface area contributed by atoms with Crippen LogP contribution in [0.15, 0.2) is 24.4 Å². The standard InChI is InChI=1S/C11H9ClINO/c1-2-15-7-3-4-10-8(5-7)11(12)9(13)6-14-10/h3-6H,2H2,1H3. The van der Waals surface area contributed by atoms with Gasteiger partial charge in [0.15, 0.2) is 0 Å². The van der Waals surface area contributed by atoms with E-state index in [0.29, 0.717) is 6.61 Å². The highest BCUT2D eigenvalue weighted by atomic mass is 127. The van der Waals surface area contributed by atoms with E-state index in [1.54, 1.807) is 6.20 Å². The van der Waals surface area contributed by atoms with Crippen LogP contribution in [0.1, 0.15) is 6.92 Å². The van der Waals surface area contributed by atoms with Crippen LogP contribution >= 0.6 is 34.2 Å². The zero-order chi connectivity index (χ0) is 10.8. The number of fused-ring (bicyclic) bond motifs is 1. The molecule has 0 amide bonds. The van der Waals surface area contributed by atoms with E-state index >= 15 is 0 Å². The van der Waals surface area contributed by atoms with Crippen LogP contribution in [-0.2, 0) is 0 Å². The molecule has 0 unspecified atom stereocenters. The Bertz CT molecular complexity index is 501. The maximum atomic E-state index is 6.20. The van der Waals surface area contributed by atoms with Gasteiger partial charge in [-0.2, -0.15) is 0 Å². The largest absolute Gasteiger partial charge is 0.494 e. The number of pyridine rings is 1. The minimum atomic E-state index is 0.653. The molecular weight excluding hydrogens is 324 g/mol. The highest BCUT2D eigenvalue weighted by Gasteiger charge is 2.05. The molecule has 4 heteroatoms. The number of ether oxygens (including phenoxy) is 1. The molecular formula is C11H9ClINO. The molecule has 1 aromatic heterocycles. The third-order valence-electron chi connectivity index (χ3n) is 2.04. The Balaban J connectivity index is 2.63. The van der Waals surface area contributed by atoms with Gasteiger partial charge < -0.3 is 4.74 Å². The van der Waals surface area contributed by atoms with Gasteiger partial charge in [0.05, 0.1) is 20.7 Å². The van der Waals surface area contributed by atoms with Crippen molar-refractivity contribution in [1.29, 1.82) is 0 Å². The number of hydrogen-bond donors (Lipinski definition) is 0. The average Bonchev–Trinajstić information content (AvgIpc) is 2.25. The van der Waals surface area contributed by atoms with E-state index in [1.807, 2.05) is 25.1 Å². The SMILES string of the molecule is CCOc1ccc2ncc(I)c(Cl)c2c1. The lowest BCUT2D eigenvalue weighted by Gasteiger charge is -2.06. The van der Waals surface area contributed by atoms with Crippen molar-refractivity contribution >= 4 is 45.1 Å². The van der Waals surface area contributed by atoms with E-state index in [2.05, 4.69) is 27.6 Å². The third-order valence-corrected chi connectivity index (χ3v) is 3.59. The van der Waals surface area contributed by atoms with Gasteiger partial charge in [0.2, 0.25) is 0 Å². The van der Waals surface area contributed by atoms with Gasteiger partial charge >= 0.3 is 0 Å². The van der Waals surface area contributed by atoms with E-state index in [1.165, 1.54) is 0 Å². The predicted octanol–water partition coefficient (Wildman–Crippen LogP) is 3.89. The van der Waals surface area contributed by atoms with E-state index in [9.17, 15) is 0 Å². The fourth-order valence-electron chi connectivity index (χ4n) is 1.37. The normalized spacial score (nSPS) is 10.6. The van der Waals surface area contributed by atoms with Crippen molar-refractivity contribution in [3.8, 4) is 5.75 Å². The second-order valence-corrected chi connectivity index (χ2v) is 4.57. The molecule has 0 aliphatic carbocycles. The molecule has 0 fully saturated rings. The number of rotatable bonds is 2. The van der Waals surface area contributed by atoms with Crippen molar-refractivity contribution in [2.24, 2.45) is 0 Å². The first-order chi connectivity index (χ1) is 7.22. The lowest BCUT2D eigenvalue weighted by atomic mass is 10.2. The van der Waals surface area contributed by atoms with Gasteiger partial charge in [0, 0.05) is 11.6 Å². The van der Waals surface area contributed by atoms with E-state index in [0.717, 1.165) is 25.2 Å². The highest BCUT2D eigenvalue weighted by molar-refractivity contribution is 14.1. The average molecular weight is 334 g/mol. The number of aromatic nitrogens is 1. The number of hydrogen-bond acceptors (Lipinski definition) is 2. The highest BCUT2D eigenvalue weighted by Crippen LogP contribution is 2.29. The summed E-state index contributed by atoms with van der Waals surface area (Å²) in [5.74, 6) is 0.829. The van der Waals surface area contributed by atoms with Gasteiger partial charge in [0.25, 0.3) is 0 Å². The Kier molecular flexibility index (Phi) is 3.31. The molecule has 1 heterocycles. The van der Waals surface area contributed by atoms with Crippen molar-refractivity contribution in [3.05, 3.63) is 33.0 Å². The van der Waals surface area contributed by atoms with Crippen LogP contribution in [0.4, 0.5) is 0 Å². The monoisotopic (exact) mass is 333 g/mol. The van der Waals surface area contributed by atoms with Crippen molar-refractivity contribution in [2.45, 2.75) is 6.92 Å². The fourth-order valence-corrected chi connectivity index (χ4v) is 2.00. The summed E-state index contributed by atoms with van der Waals surface area (Å²) in [7, 11) is 0. The van der Waals surface area contributed by atoms with Crippen LogP contribution < -0.4 is 4.74 Å². The van der Waals surface area contributed by atoms with Gasteiger partial charge in [-0.05, 0) is 47.7 Å². The summed E-state index contributed by atoms with van der Waals surface area (Å²) in [6, 6.07) is 5.75. The van der Waals surface area contributed by atoms with Crippen LogP contribution in [0.5, 0.6) is 5.75 Å². The van der Waals surface area contributed by atoms with E-state index in [-0.39, 0.29) is 0 Å². The predicted molar refractivity (Wildman–Crippen MR) is 70.6 cm³/mol. The minimum Gasteiger partial charge on any atom is -0.494 e. The molecule has 0 spiro atoms. The zero-order valence-corrected chi connectivity index (χ0v) is 11.0. The van der Waals surface area contributed by atoms with E-state index in [4.69, 9.17) is 16.3 Å². The molecule has 0 radical (unpaired) electrons. The summed E-state index contributed by atoms with van der Waals surface area (Å²) in [5, 5.41) is 1.68. The molecule has 78 valence electrons. The molecule has 0 aliphatic heterocycles. The fraction of sp³-hybridized carbons (Fsp3) is 0.182. The summed E-state index contributed by atoms with van der Waals surface area (Å²) in [6.45, 7) is 2.61. The topological polar surface area (TPSA) is 22.1 Å². The van der Waals surface area contributed by atoms with Crippen LogP contribution in [0, 0.1) is 3.57 Å². The van der Waals surface area contributed by atoms with Gasteiger partial charge in [-0.1, -0.05) is 11.6 Å². The number of nitrogens with zero attached hydrogens (tertiary/aromatic N) is 1. The van der Waals surface area contributed by atoms with Gasteiger partial charge in [-0.25, -0.2) is 0 Å². The van der Waals surface area contributed by atoms with Gasteiger partial charge in [-0.15, -0.1) is 0 Å². The van der Waals surface area contributed by atoms with Crippen LogP contribution in [0.25, 0.3) is 10.9 Å². The molecule has 0 atom stereocenters. The summed E-state index contributed by atoms with van der Waals surface area (Å²) in [4.78, 5) is 4.30. The molecule has 2 nitrogen and oxygen atoms in total. The van der Waals surface area contributed by atoms with Gasteiger partial charge in [0.1, 0.15) is 5.75 Å². The lowest BCUT2D eigenvalue weighted by molar-refractivity contribution is 0.340. The van der Waals surface area contributed by atoms with Crippen LogP contribution in [0.2, 0.25) is 5.02 Å². The molecule has 0 saturated carbocycles. The Morgan fingerprint density at radius 3 is 3.00 bits per heavy atom. The van der Waals surface area contributed by atoms with Gasteiger partial charge in [-0.3, -0.25) is 4.98 Å². The molecule has 15 heavy (non-hydrogen) atoms. The molecule has 0 N–H and O–H groups in total. The lowest BCUT2D eigenvalue weighted by Crippen LogP contribution is -1.92. The molecule has 2 aromatic rings. The molecule has 0 bridgehead atoms. The Morgan fingerprint density at radius 1 is 1.47 bits per heavy atom. The zero-order valence-electron chi connectivity index (χ0n) is 8.13. The summed E-state index contributed by atoms with van der Waals surface area (Å²) in [6.07, 6.45) is 1.77. The minimum absolute atomic E-state index is 0.653. The molecule has 2 rings (SSSR count). The summed E-state index contributed by atoms with van der Waals surface area (Å²) < 4.78 is 6.37. The van der Waals surface area contributed by atoms with Crippen molar-refractivity contribution in [3.63, 3.8) is 0 Å².